The van der Waals surface area contributed by atoms with E-state index in [4.69, 9.17) is 0 Å². The molecule has 1 heterocycles. The van der Waals surface area contributed by atoms with Crippen LogP contribution in [0.2, 0.25) is 0 Å². The van der Waals surface area contributed by atoms with Crippen LogP contribution in [-0.2, 0) is 6.54 Å². The summed E-state index contributed by atoms with van der Waals surface area (Å²) in [5, 5.41) is 4.50. The average molecular weight is 285 g/mol. The van der Waals surface area contributed by atoms with Gasteiger partial charge in [0.05, 0.1) is 0 Å². The number of benzene rings is 1. The molecule has 0 bridgehead atoms. The lowest BCUT2D eigenvalue weighted by atomic mass is 10.1. The van der Waals surface area contributed by atoms with Crippen molar-refractivity contribution in [3.05, 3.63) is 52.7 Å². The van der Waals surface area contributed by atoms with Gasteiger partial charge in [0.25, 0.3) is 0 Å². The molecule has 0 spiro atoms. The standard InChI is InChI=1S/C18H23NS/c1-2-7-11-17(10-6-1)19(18-12-13-20-15-18)14-16-8-4-3-5-9-16/h3-5,8-9,12-13,15,17H,1-2,6-7,10-11,14H2. The zero-order valence-electron chi connectivity index (χ0n) is 12.0. The Balaban J connectivity index is 1.80. The highest BCUT2D eigenvalue weighted by Crippen LogP contribution is 2.29. The molecule has 2 heteroatoms. The van der Waals surface area contributed by atoms with Gasteiger partial charge in [-0.2, -0.15) is 11.3 Å². The number of nitrogens with zero attached hydrogens (tertiary/aromatic N) is 1. The van der Waals surface area contributed by atoms with Gasteiger partial charge in [-0.15, -0.1) is 0 Å². The monoisotopic (exact) mass is 285 g/mol. The maximum Gasteiger partial charge on any atom is 0.0480 e. The van der Waals surface area contributed by atoms with Gasteiger partial charge in [0.1, 0.15) is 0 Å². The third-order valence-corrected chi connectivity index (χ3v) is 4.97. The Morgan fingerprint density at radius 3 is 2.35 bits per heavy atom. The van der Waals surface area contributed by atoms with Crippen molar-refractivity contribution in [2.75, 3.05) is 4.90 Å². The van der Waals surface area contributed by atoms with Crippen LogP contribution in [0, 0.1) is 0 Å². The lowest BCUT2D eigenvalue weighted by molar-refractivity contribution is 0.523. The molecule has 0 N–H and O–H groups in total. The van der Waals surface area contributed by atoms with Gasteiger partial charge in [0.2, 0.25) is 0 Å². The van der Waals surface area contributed by atoms with E-state index in [1.165, 1.54) is 49.8 Å². The Morgan fingerprint density at radius 2 is 1.70 bits per heavy atom. The summed E-state index contributed by atoms with van der Waals surface area (Å²) < 4.78 is 0. The fourth-order valence-corrected chi connectivity index (χ4v) is 3.85. The first-order valence-electron chi connectivity index (χ1n) is 7.76. The molecule has 0 amide bonds. The largest absolute Gasteiger partial charge is 0.364 e. The van der Waals surface area contributed by atoms with E-state index >= 15 is 0 Å². The quantitative estimate of drug-likeness (QED) is 0.673. The maximum absolute atomic E-state index is 2.64. The number of hydrogen-bond acceptors (Lipinski definition) is 2. The van der Waals surface area contributed by atoms with Crippen LogP contribution < -0.4 is 4.90 Å². The molecule has 0 unspecified atom stereocenters. The minimum absolute atomic E-state index is 0.715. The van der Waals surface area contributed by atoms with E-state index < -0.39 is 0 Å². The maximum atomic E-state index is 2.64. The lowest BCUT2D eigenvalue weighted by Gasteiger charge is -2.32. The van der Waals surface area contributed by atoms with Gasteiger partial charge in [-0.3, -0.25) is 0 Å². The predicted octanol–water partition coefficient (Wildman–Crippen LogP) is 5.48. The Hall–Kier alpha value is -1.28. The summed E-state index contributed by atoms with van der Waals surface area (Å²) in [6.07, 6.45) is 8.31. The summed E-state index contributed by atoms with van der Waals surface area (Å²) in [5.41, 5.74) is 2.83. The van der Waals surface area contributed by atoms with Crippen molar-refractivity contribution < 1.29 is 0 Å². The third-order valence-electron chi connectivity index (χ3n) is 4.30. The van der Waals surface area contributed by atoms with Crippen molar-refractivity contribution in [2.24, 2.45) is 0 Å². The topological polar surface area (TPSA) is 3.24 Å². The lowest BCUT2D eigenvalue weighted by Crippen LogP contribution is -2.34. The molecule has 1 fully saturated rings. The van der Waals surface area contributed by atoms with Gasteiger partial charge in [0.15, 0.2) is 0 Å². The number of hydrogen-bond donors (Lipinski definition) is 0. The zero-order valence-corrected chi connectivity index (χ0v) is 12.8. The second-order valence-corrected chi connectivity index (χ2v) is 6.52. The van der Waals surface area contributed by atoms with Crippen molar-refractivity contribution in [1.29, 1.82) is 0 Å². The minimum Gasteiger partial charge on any atom is -0.364 e. The summed E-state index contributed by atoms with van der Waals surface area (Å²) >= 11 is 1.81. The average Bonchev–Trinajstić information content (AvgIpc) is 2.88. The highest BCUT2D eigenvalue weighted by Gasteiger charge is 2.21. The van der Waals surface area contributed by atoms with Gasteiger partial charge in [-0.1, -0.05) is 56.0 Å². The molecule has 3 rings (SSSR count). The van der Waals surface area contributed by atoms with Crippen molar-refractivity contribution in [1.82, 2.24) is 0 Å². The van der Waals surface area contributed by atoms with Crippen LogP contribution in [-0.4, -0.2) is 6.04 Å². The fourth-order valence-electron chi connectivity index (χ4n) is 3.20. The molecule has 1 aliphatic carbocycles. The molecule has 1 nitrogen and oxygen atoms in total. The molecular formula is C18H23NS. The molecule has 0 saturated heterocycles. The zero-order chi connectivity index (χ0) is 13.6. The van der Waals surface area contributed by atoms with Crippen LogP contribution in [0.4, 0.5) is 5.69 Å². The van der Waals surface area contributed by atoms with E-state index in [-0.39, 0.29) is 0 Å². The molecule has 2 aromatic rings. The molecule has 0 aliphatic heterocycles. The van der Waals surface area contributed by atoms with E-state index in [1.54, 1.807) is 11.3 Å². The van der Waals surface area contributed by atoms with Gasteiger partial charge in [-0.25, -0.2) is 0 Å². The molecule has 1 aromatic carbocycles. The van der Waals surface area contributed by atoms with Crippen molar-refractivity contribution in [3.8, 4) is 0 Å². The van der Waals surface area contributed by atoms with Crippen molar-refractivity contribution in [3.63, 3.8) is 0 Å². The van der Waals surface area contributed by atoms with E-state index in [2.05, 4.69) is 52.1 Å². The molecule has 1 aromatic heterocycles. The number of rotatable bonds is 4. The minimum atomic E-state index is 0.715. The van der Waals surface area contributed by atoms with Gasteiger partial charge in [-0.05, 0) is 29.9 Å². The first-order chi connectivity index (χ1) is 9.93. The van der Waals surface area contributed by atoms with E-state index in [9.17, 15) is 0 Å². The summed E-state index contributed by atoms with van der Waals surface area (Å²) in [7, 11) is 0. The Morgan fingerprint density at radius 1 is 0.950 bits per heavy atom. The molecule has 106 valence electrons. The van der Waals surface area contributed by atoms with E-state index in [0.29, 0.717) is 6.04 Å². The number of anilines is 1. The van der Waals surface area contributed by atoms with Crippen LogP contribution in [0.1, 0.15) is 44.1 Å². The molecule has 0 atom stereocenters. The Labute approximate surface area is 126 Å². The summed E-state index contributed by atoms with van der Waals surface area (Å²) in [4.78, 5) is 2.64. The predicted molar refractivity (Wildman–Crippen MR) is 88.4 cm³/mol. The van der Waals surface area contributed by atoms with Crippen LogP contribution in [0.5, 0.6) is 0 Å². The Bertz CT molecular complexity index is 483. The van der Waals surface area contributed by atoms with Gasteiger partial charge in [0, 0.05) is 23.7 Å². The van der Waals surface area contributed by atoms with Crippen molar-refractivity contribution >= 4 is 17.0 Å². The van der Waals surface area contributed by atoms with E-state index in [1.807, 2.05) is 0 Å². The SMILES string of the molecule is c1ccc(CN(c2ccsc2)C2CCCCCC2)cc1. The second kappa shape index (κ2) is 6.94. The number of thiophene rings is 1. The first kappa shape index (κ1) is 13.7. The summed E-state index contributed by atoms with van der Waals surface area (Å²) in [6.45, 7) is 1.04. The summed E-state index contributed by atoms with van der Waals surface area (Å²) in [6, 6.07) is 13.9. The molecule has 20 heavy (non-hydrogen) atoms. The van der Waals surface area contributed by atoms with Crippen LogP contribution in [0.15, 0.2) is 47.2 Å². The van der Waals surface area contributed by atoms with Crippen LogP contribution in [0.25, 0.3) is 0 Å². The van der Waals surface area contributed by atoms with Crippen LogP contribution >= 0.6 is 11.3 Å². The van der Waals surface area contributed by atoms with Crippen molar-refractivity contribution in [2.45, 2.75) is 51.1 Å². The molecule has 1 saturated carbocycles. The fraction of sp³-hybridized carbons (Fsp3) is 0.444. The van der Waals surface area contributed by atoms with Gasteiger partial charge < -0.3 is 4.90 Å². The molecular weight excluding hydrogens is 262 g/mol. The van der Waals surface area contributed by atoms with E-state index in [0.717, 1.165) is 6.54 Å². The molecule has 0 radical (unpaired) electrons. The highest BCUT2D eigenvalue weighted by molar-refractivity contribution is 7.08. The first-order valence-corrected chi connectivity index (χ1v) is 8.70. The summed E-state index contributed by atoms with van der Waals surface area (Å²) in [5.74, 6) is 0. The molecule has 1 aliphatic rings. The second-order valence-electron chi connectivity index (χ2n) is 5.74. The smallest absolute Gasteiger partial charge is 0.0480 e. The van der Waals surface area contributed by atoms with Gasteiger partial charge >= 0.3 is 0 Å². The third kappa shape index (κ3) is 3.43. The van der Waals surface area contributed by atoms with Crippen LogP contribution in [0.3, 0.4) is 0 Å². The highest BCUT2D eigenvalue weighted by atomic mass is 32.1. The Kier molecular flexibility index (Phi) is 4.75. The normalized spacial score (nSPS) is 16.8.